The van der Waals surface area contributed by atoms with Crippen LogP contribution in [-0.2, 0) is 0 Å². The quantitative estimate of drug-likeness (QED) is 0.517. The number of carbonyl (C=O) groups excluding carboxylic acids is 1. The van der Waals surface area contributed by atoms with Gasteiger partial charge in [-0.25, -0.2) is 10.2 Å². The van der Waals surface area contributed by atoms with Gasteiger partial charge in [-0.05, 0) is 57.0 Å². The van der Waals surface area contributed by atoms with Gasteiger partial charge < -0.3 is 14.8 Å². The zero-order valence-electron chi connectivity index (χ0n) is 15.9. The van der Waals surface area contributed by atoms with Gasteiger partial charge in [0.05, 0.1) is 23.9 Å². The number of ether oxygens (including phenoxy) is 2. The van der Waals surface area contributed by atoms with Gasteiger partial charge in [0.15, 0.2) is 11.5 Å². The smallest absolute Gasteiger partial charge is 0.339 e. The fourth-order valence-corrected chi connectivity index (χ4v) is 2.57. The first kappa shape index (κ1) is 20.6. The van der Waals surface area contributed by atoms with E-state index in [0.29, 0.717) is 28.7 Å². The minimum Gasteiger partial charge on any atom is -0.490 e. The van der Waals surface area contributed by atoms with Crippen molar-refractivity contribution >= 4 is 29.5 Å². The Morgan fingerprint density at radius 1 is 1.30 bits per heavy atom. The second kappa shape index (κ2) is 9.83. The third-order valence-electron chi connectivity index (χ3n) is 3.46. The van der Waals surface area contributed by atoms with Gasteiger partial charge in [0.1, 0.15) is 0 Å². The predicted octanol–water partition coefficient (Wildman–Crippen LogP) is 4.99. The number of nitrogens with one attached hydrogen (secondary N) is 2. The number of nitrogens with zero attached hydrogens (tertiary/aromatic N) is 1. The molecule has 0 fully saturated rings. The van der Waals surface area contributed by atoms with Crippen molar-refractivity contribution in [2.45, 2.75) is 33.8 Å². The van der Waals surface area contributed by atoms with E-state index in [9.17, 15) is 4.79 Å². The molecule has 0 aromatic heterocycles. The molecule has 0 spiro atoms. The number of hydrogen-bond acceptors (Lipinski definition) is 4. The molecule has 6 nitrogen and oxygen atoms in total. The maximum Gasteiger partial charge on any atom is 0.339 e. The number of para-hydroxylation sites is 1. The van der Waals surface area contributed by atoms with Crippen LogP contribution in [0, 0.1) is 6.92 Å². The maximum atomic E-state index is 12.0. The van der Waals surface area contributed by atoms with Crippen LogP contribution in [0.2, 0.25) is 5.02 Å². The second-order valence-corrected chi connectivity index (χ2v) is 6.48. The number of hydrazone groups is 1. The zero-order chi connectivity index (χ0) is 19.8. The molecule has 0 saturated carbocycles. The van der Waals surface area contributed by atoms with Crippen LogP contribution in [0.5, 0.6) is 11.5 Å². The summed E-state index contributed by atoms with van der Waals surface area (Å²) in [6.45, 7) is 8.10. The number of anilines is 1. The van der Waals surface area contributed by atoms with Gasteiger partial charge in [-0.2, -0.15) is 5.10 Å². The molecule has 2 aromatic carbocycles. The summed E-state index contributed by atoms with van der Waals surface area (Å²) < 4.78 is 11.3. The van der Waals surface area contributed by atoms with Gasteiger partial charge in [-0.15, -0.1) is 0 Å². The third kappa shape index (κ3) is 6.18. The zero-order valence-corrected chi connectivity index (χ0v) is 16.6. The largest absolute Gasteiger partial charge is 0.490 e. The molecule has 0 unspecified atom stereocenters. The summed E-state index contributed by atoms with van der Waals surface area (Å²) in [5, 5.41) is 7.11. The fourth-order valence-electron chi connectivity index (χ4n) is 2.30. The Bertz CT molecular complexity index is 822. The average Bonchev–Trinajstić information content (AvgIpc) is 2.60. The van der Waals surface area contributed by atoms with E-state index in [2.05, 4.69) is 15.8 Å². The molecule has 0 aliphatic carbocycles. The number of urea groups is 1. The number of hydrogen-bond donors (Lipinski definition) is 2. The van der Waals surface area contributed by atoms with E-state index in [1.54, 1.807) is 12.1 Å². The van der Waals surface area contributed by atoms with Crippen LogP contribution in [0.25, 0.3) is 0 Å². The van der Waals surface area contributed by atoms with E-state index in [4.69, 9.17) is 21.1 Å². The highest BCUT2D eigenvalue weighted by Gasteiger charge is 2.13. The van der Waals surface area contributed by atoms with Crippen LogP contribution in [0.3, 0.4) is 0 Å². The average molecular weight is 390 g/mol. The first-order valence-corrected chi connectivity index (χ1v) is 9.07. The monoisotopic (exact) mass is 389 g/mol. The fraction of sp³-hybridized carbons (Fsp3) is 0.300. The second-order valence-electron chi connectivity index (χ2n) is 6.07. The lowest BCUT2D eigenvalue weighted by Crippen LogP contribution is -2.24. The lowest BCUT2D eigenvalue weighted by molar-refractivity contribution is 0.224. The molecule has 2 N–H and O–H groups in total. The predicted molar refractivity (Wildman–Crippen MR) is 109 cm³/mol. The summed E-state index contributed by atoms with van der Waals surface area (Å²) in [4.78, 5) is 12.0. The van der Waals surface area contributed by atoms with Gasteiger partial charge in [0.25, 0.3) is 0 Å². The molecule has 2 amide bonds. The summed E-state index contributed by atoms with van der Waals surface area (Å²) >= 11 is 6.31. The van der Waals surface area contributed by atoms with Gasteiger partial charge in [0, 0.05) is 5.69 Å². The van der Waals surface area contributed by atoms with Crippen LogP contribution in [0.15, 0.2) is 41.5 Å². The highest BCUT2D eigenvalue weighted by molar-refractivity contribution is 6.32. The molecule has 0 aliphatic heterocycles. The molecule has 144 valence electrons. The minimum atomic E-state index is -0.434. The van der Waals surface area contributed by atoms with Crippen molar-refractivity contribution in [3.8, 4) is 11.5 Å². The van der Waals surface area contributed by atoms with Gasteiger partial charge in [0.2, 0.25) is 0 Å². The number of benzene rings is 2. The number of halogens is 1. The molecule has 0 radical (unpaired) electrons. The molecule has 0 aliphatic rings. The van der Waals surface area contributed by atoms with Gasteiger partial charge in [-0.3, -0.25) is 0 Å². The first-order valence-electron chi connectivity index (χ1n) is 8.69. The van der Waals surface area contributed by atoms with Crippen molar-refractivity contribution in [3.63, 3.8) is 0 Å². The summed E-state index contributed by atoms with van der Waals surface area (Å²) in [7, 11) is 0. The lowest BCUT2D eigenvalue weighted by Gasteiger charge is -2.16. The number of carbonyl (C=O) groups is 1. The molecular weight excluding hydrogens is 366 g/mol. The highest BCUT2D eigenvalue weighted by atomic mass is 35.5. The van der Waals surface area contributed by atoms with Crippen molar-refractivity contribution < 1.29 is 14.3 Å². The Labute approximate surface area is 164 Å². The molecule has 0 bridgehead atoms. The standard InChI is InChI=1S/C20H24ClN3O3/c1-5-26-18-11-15(10-16(21)19(18)27-13(2)3)12-22-24-20(25)23-17-9-7-6-8-14(17)4/h6-13H,5H2,1-4H3,(H2,23,24,25)/b22-12-. The van der Waals surface area contributed by atoms with Gasteiger partial charge >= 0.3 is 6.03 Å². The minimum absolute atomic E-state index is 0.0342. The Balaban J connectivity index is 2.07. The Morgan fingerprint density at radius 2 is 2.04 bits per heavy atom. The topological polar surface area (TPSA) is 72.0 Å². The molecular formula is C20H24ClN3O3. The van der Waals surface area contributed by atoms with Crippen molar-refractivity contribution in [2.24, 2.45) is 5.10 Å². The number of aryl methyl sites for hydroxylation is 1. The molecule has 27 heavy (non-hydrogen) atoms. The van der Waals surface area contributed by atoms with Crippen LogP contribution >= 0.6 is 11.6 Å². The molecule has 2 aromatic rings. The summed E-state index contributed by atoms with van der Waals surface area (Å²) in [6.07, 6.45) is 1.46. The van der Waals surface area contributed by atoms with Crippen molar-refractivity contribution in [1.29, 1.82) is 0 Å². The third-order valence-corrected chi connectivity index (χ3v) is 3.74. The van der Waals surface area contributed by atoms with E-state index in [-0.39, 0.29) is 6.10 Å². The molecule has 0 saturated heterocycles. The highest BCUT2D eigenvalue weighted by Crippen LogP contribution is 2.37. The lowest BCUT2D eigenvalue weighted by atomic mass is 10.2. The SMILES string of the molecule is CCOc1cc(/C=N\NC(=O)Nc2ccccc2C)cc(Cl)c1OC(C)C. The molecule has 0 heterocycles. The van der Waals surface area contributed by atoms with E-state index < -0.39 is 6.03 Å². The normalized spacial score (nSPS) is 10.9. The molecule has 0 atom stereocenters. The summed E-state index contributed by atoms with van der Waals surface area (Å²) in [5.41, 5.74) is 4.79. The number of amides is 2. The van der Waals surface area contributed by atoms with Crippen LogP contribution in [0.1, 0.15) is 31.9 Å². The van der Waals surface area contributed by atoms with Crippen molar-refractivity contribution in [1.82, 2.24) is 5.43 Å². The van der Waals surface area contributed by atoms with Crippen LogP contribution in [0.4, 0.5) is 10.5 Å². The summed E-state index contributed by atoms with van der Waals surface area (Å²) in [5.74, 6) is 1.03. The molecule has 7 heteroatoms. The van der Waals surface area contributed by atoms with E-state index in [1.165, 1.54) is 6.21 Å². The van der Waals surface area contributed by atoms with Crippen molar-refractivity contribution in [2.75, 3.05) is 11.9 Å². The van der Waals surface area contributed by atoms with Gasteiger partial charge in [-0.1, -0.05) is 29.8 Å². The summed E-state index contributed by atoms with van der Waals surface area (Å²) in [6, 6.07) is 10.5. The Morgan fingerprint density at radius 3 is 2.70 bits per heavy atom. The Kier molecular flexibility index (Phi) is 7.49. The van der Waals surface area contributed by atoms with Crippen LogP contribution < -0.4 is 20.2 Å². The van der Waals surface area contributed by atoms with Crippen molar-refractivity contribution in [3.05, 3.63) is 52.5 Å². The first-order chi connectivity index (χ1) is 12.9. The molecule has 2 rings (SSSR count). The van der Waals surface area contributed by atoms with E-state index in [0.717, 1.165) is 11.3 Å². The van der Waals surface area contributed by atoms with Crippen LogP contribution in [-0.4, -0.2) is 25.0 Å². The Hall–Kier alpha value is -2.73. The van der Waals surface area contributed by atoms with E-state index in [1.807, 2.05) is 52.0 Å². The number of rotatable bonds is 7. The maximum absolute atomic E-state index is 12.0. The van der Waals surface area contributed by atoms with E-state index >= 15 is 0 Å².